The highest BCUT2D eigenvalue weighted by atomic mass is 19.1. The quantitative estimate of drug-likeness (QED) is 0.916. The monoisotopic (exact) mass is 261 g/mol. The molecule has 0 unspecified atom stereocenters. The molecule has 1 heterocycles. The molecule has 1 aromatic carbocycles. The fourth-order valence-electron chi connectivity index (χ4n) is 2.00. The van der Waals surface area contributed by atoms with E-state index in [4.69, 9.17) is 0 Å². The molecular weight excluding hydrogens is 241 g/mol. The lowest BCUT2D eigenvalue weighted by atomic mass is 10.1. The van der Waals surface area contributed by atoms with Crippen molar-refractivity contribution in [2.75, 3.05) is 0 Å². The van der Waals surface area contributed by atoms with Gasteiger partial charge in [-0.1, -0.05) is 19.9 Å². The molecule has 0 spiro atoms. The summed E-state index contributed by atoms with van der Waals surface area (Å²) in [4.78, 5) is 4.28. The van der Waals surface area contributed by atoms with Crippen LogP contribution in [0.4, 0.5) is 4.39 Å². The van der Waals surface area contributed by atoms with Crippen LogP contribution in [0.5, 0.6) is 0 Å². The number of aryl methyl sites for hydroxylation is 1. The minimum atomic E-state index is -0.184. The van der Waals surface area contributed by atoms with Gasteiger partial charge >= 0.3 is 0 Å². The van der Waals surface area contributed by atoms with E-state index in [0.29, 0.717) is 18.2 Å². The van der Waals surface area contributed by atoms with Gasteiger partial charge in [-0.3, -0.25) is 0 Å². The molecular formula is C15H20FN3. The number of imidazole rings is 1. The summed E-state index contributed by atoms with van der Waals surface area (Å²) in [6.07, 6.45) is 1.75. The number of benzene rings is 1. The molecule has 0 atom stereocenters. The second-order valence-electron chi connectivity index (χ2n) is 5.06. The number of hydrogen-bond acceptors (Lipinski definition) is 2. The summed E-state index contributed by atoms with van der Waals surface area (Å²) >= 11 is 0. The van der Waals surface area contributed by atoms with Crippen LogP contribution in [0.25, 0.3) is 5.69 Å². The summed E-state index contributed by atoms with van der Waals surface area (Å²) in [7, 11) is 0. The van der Waals surface area contributed by atoms with Gasteiger partial charge in [0.15, 0.2) is 0 Å². The number of aromatic nitrogens is 2. The van der Waals surface area contributed by atoms with Gasteiger partial charge in [0.2, 0.25) is 0 Å². The predicted octanol–water partition coefficient (Wildman–Crippen LogP) is 3.13. The molecule has 19 heavy (non-hydrogen) atoms. The lowest BCUT2D eigenvalue weighted by Crippen LogP contribution is -2.23. The van der Waals surface area contributed by atoms with Crippen LogP contribution in [0.1, 0.15) is 30.8 Å². The average Bonchev–Trinajstić information content (AvgIpc) is 2.68. The predicted molar refractivity (Wildman–Crippen MR) is 75.0 cm³/mol. The zero-order valence-corrected chi connectivity index (χ0v) is 11.9. The zero-order chi connectivity index (χ0) is 14.0. The molecule has 0 amide bonds. The molecule has 0 aliphatic heterocycles. The molecule has 0 aliphatic rings. The molecule has 2 rings (SSSR count). The van der Waals surface area contributed by atoms with Crippen molar-refractivity contribution >= 4 is 0 Å². The highest BCUT2D eigenvalue weighted by Gasteiger charge is 2.12. The summed E-state index contributed by atoms with van der Waals surface area (Å²) in [6.45, 7) is 8.56. The van der Waals surface area contributed by atoms with Crippen LogP contribution in [-0.4, -0.2) is 15.6 Å². The van der Waals surface area contributed by atoms with E-state index in [-0.39, 0.29) is 5.82 Å². The van der Waals surface area contributed by atoms with E-state index in [1.54, 1.807) is 12.4 Å². The Labute approximate surface area is 113 Å². The average molecular weight is 261 g/mol. The van der Waals surface area contributed by atoms with Gasteiger partial charge in [-0.15, -0.1) is 0 Å². The van der Waals surface area contributed by atoms with E-state index >= 15 is 0 Å². The van der Waals surface area contributed by atoms with Crippen LogP contribution in [-0.2, 0) is 6.54 Å². The number of hydrogen-bond donors (Lipinski definition) is 1. The summed E-state index contributed by atoms with van der Waals surface area (Å²) in [5.41, 5.74) is 3.53. The minimum absolute atomic E-state index is 0.184. The number of nitrogens with one attached hydrogen (secondary N) is 1. The summed E-state index contributed by atoms with van der Waals surface area (Å²) in [5, 5.41) is 3.27. The van der Waals surface area contributed by atoms with Gasteiger partial charge in [0.1, 0.15) is 5.82 Å². The molecule has 102 valence electrons. The topological polar surface area (TPSA) is 29.9 Å². The van der Waals surface area contributed by atoms with Gasteiger partial charge in [-0.2, -0.15) is 0 Å². The van der Waals surface area contributed by atoms with E-state index in [1.165, 1.54) is 6.07 Å². The third kappa shape index (κ3) is 2.84. The van der Waals surface area contributed by atoms with Gasteiger partial charge in [0.25, 0.3) is 0 Å². The fraction of sp³-hybridized carbons (Fsp3) is 0.400. The molecule has 0 bridgehead atoms. The number of nitrogens with zero attached hydrogens (tertiary/aromatic N) is 2. The summed E-state index contributed by atoms with van der Waals surface area (Å²) in [5.74, 6) is -0.184. The molecule has 2 aromatic rings. The van der Waals surface area contributed by atoms with Gasteiger partial charge in [-0.25, -0.2) is 9.37 Å². The Bertz CT molecular complexity index is 573. The van der Waals surface area contributed by atoms with Crippen molar-refractivity contribution in [3.8, 4) is 5.69 Å². The Morgan fingerprint density at radius 1 is 1.32 bits per heavy atom. The standard InChI is InChI=1S/C15H20FN3/c1-10(2)17-8-13-14(16)6-5-7-15(13)19-9-18-11(3)12(19)4/h5-7,9-10,17H,8H2,1-4H3. The lowest BCUT2D eigenvalue weighted by molar-refractivity contribution is 0.551. The molecule has 1 aromatic heterocycles. The van der Waals surface area contributed by atoms with Crippen molar-refractivity contribution in [3.63, 3.8) is 0 Å². The van der Waals surface area contributed by atoms with Crippen LogP contribution >= 0.6 is 0 Å². The van der Waals surface area contributed by atoms with Gasteiger partial charge in [0.05, 0.1) is 17.7 Å². The van der Waals surface area contributed by atoms with Crippen LogP contribution in [0, 0.1) is 19.7 Å². The van der Waals surface area contributed by atoms with E-state index in [1.807, 2.05) is 38.3 Å². The molecule has 0 radical (unpaired) electrons. The highest BCUT2D eigenvalue weighted by Crippen LogP contribution is 2.21. The molecule has 0 fully saturated rings. The number of rotatable bonds is 4. The molecule has 1 N–H and O–H groups in total. The Hall–Kier alpha value is -1.68. The first-order chi connectivity index (χ1) is 9.00. The van der Waals surface area contributed by atoms with Crippen LogP contribution in [0.2, 0.25) is 0 Å². The SMILES string of the molecule is Cc1ncn(-c2cccc(F)c2CNC(C)C)c1C. The summed E-state index contributed by atoms with van der Waals surface area (Å²) < 4.78 is 16.0. The van der Waals surface area contributed by atoms with E-state index in [0.717, 1.165) is 17.1 Å². The van der Waals surface area contributed by atoms with E-state index in [2.05, 4.69) is 10.3 Å². The van der Waals surface area contributed by atoms with Gasteiger partial charge < -0.3 is 9.88 Å². The van der Waals surface area contributed by atoms with Gasteiger partial charge in [0, 0.05) is 23.8 Å². The van der Waals surface area contributed by atoms with Crippen molar-refractivity contribution in [1.82, 2.24) is 14.9 Å². The summed E-state index contributed by atoms with van der Waals surface area (Å²) in [6, 6.07) is 5.48. The Balaban J connectivity index is 2.45. The van der Waals surface area contributed by atoms with Crippen molar-refractivity contribution in [2.45, 2.75) is 40.3 Å². The van der Waals surface area contributed by atoms with Crippen molar-refractivity contribution in [2.24, 2.45) is 0 Å². The van der Waals surface area contributed by atoms with E-state index in [9.17, 15) is 4.39 Å². The molecule has 3 nitrogen and oxygen atoms in total. The molecule has 4 heteroatoms. The normalized spacial score (nSPS) is 11.3. The Kier molecular flexibility index (Phi) is 4.00. The Morgan fingerprint density at radius 3 is 2.63 bits per heavy atom. The van der Waals surface area contributed by atoms with Crippen molar-refractivity contribution < 1.29 is 4.39 Å². The first kappa shape index (κ1) is 13.7. The zero-order valence-electron chi connectivity index (χ0n) is 11.9. The van der Waals surface area contributed by atoms with Crippen molar-refractivity contribution in [3.05, 3.63) is 47.3 Å². The van der Waals surface area contributed by atoms with E-state index < -0.39 is 0 Å². The van der Waals surface area contributed by atoms with Crippen LogP contribution in [0.15, 0.2) is 24.5 Å². The first-order valence-electron chi connectivity index (χ1n) is 6.52. The maximum Gasteiger partial charge on any atom is 0.129 e. The Morgan fingerprint density at radius 2 is 2.05 bits per heavy atom. The van der Waals surface area contributed by atoms with Crippen LogP contribution < -0.4 is 5.32 Å². The lowest BCUT2D eigenvalue weighted by Gasteiger charge is -2.15. The number of halogens is 1. The third-order valence-electron chi connectivity index (χ3n) is 3.29. The maximum atomic E-state index is 14.1. The minimum Gasteiger partial charge on any atom is -0.310 e. The van der Waals surface area contributed by atoms with Crippen molar-refractivity contribution in [1.29, 1.82) is 0 Å². The second kappa shape index (κ2) is 5.53. The second-order valence-corrected chi connectivity index (χ2v) is 5.06. The van der Waals surface area contributed by atoms with Gasteiger partial charge in [-0.05, 0) is 26.0 Å². The molecule has 0 saturated carbocycles. The van der Waals surface area contributed by atoms with Crippen LogP contribution in [0.3, 0.4) is 0 Å². The largest absolute Gasteiger partial charge is 0.310 e. The fourth-order valence-corrected chi connectivity index (χ4v) is 2.00. The highest BCUT2D eigenvalue weighted by molar-refractivity contribution is 5.43. The third-order valence-corrected chi connectivity index (χ3v) is 3.29. The maximum absolute atomic E-state index is 14.1. The smallest absolute Gasteiger partial charge is 0.129 e. The molecule has 0 saturated heterocycles. The first-order valence-corrected chi connectivity index (χ1v) is 6.52. The molecule has 0 aliphatic carbocycles.